The van der Waals surface area contributed by atoms with E-state index in [1.165, 1.54) is 10.7 Å². The molecule has 1 aromatic heterocycles. The zero-order chi connectivity index (χ0) is 19.5. The average Bonchev–Trinajstić information content (AvgIpc) is 3.17. The molecule has 1 N–H and O–H groups in total. The molecule has 0 amide bonds. The molecule has 1 atom stereocenters. The first-order valence-corrected chi connectivity index (χ1v) is 8.59. The van der Waals surface area contributed by atoms with Gasteiger partial charge in [-0.3, -0.25) is 0 Å². The molecule has 2 aromatic carbocycles. The third-order valence-corrected chi connectivity index (χ3v) is 4.61. The lowest BCUT2D eigenvalue weighted by Gasteiger charge is -2.28. The summed E-state index contributed by atoms with van der Waals surface area (Å²) >= 11 is 0. The van der Waals surface area contributed by atoms with Crippen LogP contribution in [-0.4, -0.2) is 20.2 Å². The molecule has 0 aliphatic rings. The van der Waals surface area contributed by atoms with E-state index in [4.69, 9.17) is 0 Å². The highest BCUT2D eigenvalue weighted by Crippen LogP contribution is 2.31. The molecule has 0 radical (unpaired) electrons. The highest BCUT2D eigenvalue weighted by molar-refractivity contribution is 5.37. The fraction of sp³-hybridized carbons (Fsp3) is 0.316. The number of rotatable bonds is 6. The van der Waals surface area contributed by atoms with E-state index in [9.17, 15) is 13.2 Å². The van der Waals surface area contributed by atoms with E-state index in [-0.39, 0.29) is 5.69 Å². The topological polar surface area (TPSA) is 55.6 Å². The van der Waals surface area contributed by atoms with Crippen LogP contribution in [0.1, 0.15) is 37.2 Å². The van der Waals surface area contributed by atoms with Gasteiger partial charge in [0.2, 0.25) is 0 Å². The highest BCUT2D eigenvalue weighted by atomic mass is 19.4. The summed E-state index contributed by atoms with van der Waals surface area (Å²) < 4.78 is 40.5. The van der Waals surface area contributed by atoms with Crippen molar-refractivity contribution in [1.82, 2.24) is 25.5 Å². The fourth-order valence-electron chi connectivity index (χ4n) is 2.77. The molecule has 0 fully saturated rings. The Morgan fingerprint density at radius 3 is 2.44 bits per heavy atom. The molecule has 0 bridgehead atoms. The number of hydrogen-bond acceptors (Lipinski definition) is 4. The van der Waals surface area contributed by atoms with Gasteiger partial charge in [-0.2, -0.15) is 17.9 Å². The lowest BCUT2D eigenvalue weighted by atomic mass is 9.97. The van der Waals surface area contributed by atoms with Crippen LogP contribution in [-0.2, 0) is 18.3 Å². The van der Waals surface area contributed by atoms with Gasteiger partial charge < -0.3 is 5.32 Å². The Bertz CT molecular complexity index is 892. The molecule has 3 rings (SSSR count). The van der Waals surface area contributed by atoms with Crippen LogP contribution < -0.4 is 5.32 Å². The van der Waals surface area contributed by atoms with Crippen LogP contribution in [0.2, 0.25) is 0 Å². The third kappa shape index (κ3) is 4.16. The summed E-state index contributed by atoms with van der Waals surface area (Å²) in [5.74, 6) is 0.459. The number of alkyl halides is 3. The maximum absolute atomic E-state index is 13.0. The molecule has 0 spiro atoms. The molecule has 5 nitrogen and oxygen atoms in total. The Morgan fingerprint density at radius 2 is 1.78 bits per heavy atom. The summed E-state index contributed by atoms with van der Waals surface area (Å²) in [6.45, 7) is 4.50. The summed E-state index contributed by atoms with van der Waals surface area (Å²) in [6.07, 6.45) is -3.77. The summed E-state index contributed by atoms with van der Waals surface area (Å²) in [7, 11) is 0. The van der Waals surface area contributed by atoms with E-state index in [2.05, 4.69) is 20.8 Å². The molecule has 0 aliphatic carbocycles. The van der Waals surface area contributed by atoms with E-state index in [0.717, 1.165) is 17.7 Å². The number of benzene rings is 2. The number of aromatic nitrogens is 4. The summed E-state index contributed by atoms with van der Waals surface area (Å²) in [4.78, 5) is 0. The lowest BCUT2D eigenvalue weighted by Crippen LogP contribution is -2.41. The van der Waals surface area contributed by atoms with Crippen molar-refractivity contribution < 1.29 is 13.2 Å². The van der Waals surface area contributed by atoms with Gasteiger partial charge in [0, 0.05) is 6.54 Å². The zero-order valence-electron chi connectivity index (χ0n) is 15.0. The highest BCUT2D eigenvalue weighted by Gasteiger charge is 2.33. The van der Waals surface area contributed by atoms with E-state index < -0.39 is 17.3 Å². The zero-order valence-corrected chi connectivity index (χ0v) is 15.0. The van der Waals surface area contributed by atoms with E-state index in [1.807, 2.05) is 44.2 Å². The second-order valence-electron chi connectivity index (χ2n) is 6.49. The van der Waals surface area contributed by atoms with Gasteiger partial charge in [0.25, 0.3) is 0 Å². The quantitative estimate of drug-likeness (QED) is 0.705. The molecule has 0 aliphatic heterocycles. The predicted molar refractivity (Wildman–Crippen MR) is 95.1 cm³/mol. The minimum Gasteiger partial charge on any atom is -0.301 e. The first-order chi connectivity index (χ1) is 12.8. The van der Waals surface area contributed by atoms with Crippen molar-refractivity contribution in [2.45, 2.75) is 38.5 Å². The van der Waals surface area contributed by atoms with Gasteiger partial charge in [-0.15, -0.1) is 5.10 Å². The smallest absolute Gasteiger partial charge is 0.301 e. The summed E-state index contributed by atoms with van der Waals surface area (Å²) in [5.41, 5.74) is 0.00583. The first kappa shape index (κ1) is 19.0. The van der Waals surface area contributed by atoms with Crippen LogP contribution in [0.25, 0.3) is 5.69 Å². The standard InChI is InChI=1S/C19H20F3N5/c1-3-18(2,23-13-14-8-5-4-6-9-14)17-24-25-26-27(17)16-11-7-10-15(12-16)19(20,21)22/h4-12,23H,3,13H2,1-2H3. The molecule has 0 saturated carbocycles. The summed E-state index contributed by atoms with van der Waals surface area (Å²) in [5, 5.41) is 15.2. The number of nitrogens with one attached hydrogen (secondary N) is 1. The van der Waals surface area contributed by atoms with Crippen molar-refractivity contribution in [3.05, 3.63) is 71.5 Å². The molecule has 27 heavy (non-hydrogen) atoms. The van der Waals surface area contributed by atoms with Gasteiger partial charge in [-0.25, -0.2) is 0 Å². The van der Waals surface area contributed by atoms with Crippen LogP contribution in [0.3, 0.4) is 0 Å². The average molecular weight is 375 g/mol. The van der Waals surface area contributed by atoms with Crippen molar-refractivity contribution in [2.24, 2.45) is 0 Å². The number of nitrogens with zero attached hydrogens (tertiary/aromatic N) is 4. The van der Waals surface area contributed by atoms with Gasteiger partial charge >= 0.3 is 6.18 Å². The third-order valence-electron chi connectivity index (χ3n) is 4.61. The predicted octanol–water partition coefficient (Wildman–Crippen LogP) is 4.10. The van der Waals surface area contributed by atoms with Crippen LogP contribution in [0.5, 0.6) is 0 Å². The van der Waals surface area contributed by atoms with Crippen LogP contribution in [0.15, 0.2) is 54.6 Å². The van der Waals surface area contributed by atoms with Gasteiger partial charge in [-0.1, -0.05) is 43.3 Å². The molecule has 1 heterocycles. The molecule has 0 saturated heterocycles. The number of halogens is 3. The van der Waals surface area contributed by atoms with E-state index >= 15 is 0 Å². The molecule has 1 unspecified atom stereocenters. The second-order valence-corrected chi connectivity index (χ2v) is 6.49. The van der Waals surface area contributed by atoms with Crippen molar-refractivity contribution in [1.29, 1.82) is 0 Å². The minimum absolute atomic E-state index is 0.269. The maximum atomic E-state index is 13.0. The monoisotopic (exact) mass is 375 g/mol. The van der Waals surface area contributed by atoms with E-state index in [1.54, 1.807) is 6.07 Å². The number of tetrazole rings is 1. The largest absolute Gasteiger partial charge is 0.416 e. The molecule has 142 valence electrons. The van der Waals surface area contributed by atoms with Gasteiger partial charge in [0.15, 0.2) is 5.82 Å². The summed E-state index contributed by atoms with van der Waals surface area (Å²) in [6, 6.07) is 14.8. The van der Waals surface area contributed by atoms with Crippen LogP contribution in [0.4, 0.5) is 13.2 Å². The van der Waals surface area contributed by atoms with Gasteiger partial charge in [0.05, 0.1) is 16.8 Å². The Morgan fingerprint density at radius 1 is 1.04 bits per heavy atom. The molecular weight excluding hydrogens is 355 g/mol. The normalized spacial score (nSPS) is 14.1. The molecule has 8 heteroatoms. The molecule has 3 aromatic rings. The van der Waals surface area contributed by atoms with Crippen LogP contribution >= 0.6 is 0 Å². The number of hydrogen-bond donors (Lipinski definition) is 1. The van der Waals surface area contributed by atoms with Crippen molar-refractivity contribution in [2.75, 3.05) is 0 Å². The van der Waals surface area contributed by atoms with Gasteiger partial charge in [0.1, 0.15) is 0 Å². The maximum Gasteiger partial charge on any atom is 0.416 e. The van der Waals surface area contributed by atoms with Crippen molar-refractivity contribution >= 4 is 0 Å². The fourth-order valence-corrected chi connectivity index (χ4v) is 2.77. The van der Waals surface area contributed by atoms with E-state index in [0.29, 0.717) is 18.8 Å². The van der Waals surface area contributed by atoms with Gasteiger partial charge in [-0.05, 0) is 47.5 Å². The second kappa shape index (κ2) is 7.48. The Hall–Kier alpha value is -2.74. The Labute approximate surface area is 155 Å². The Kier molecular flexibility index (Phi) is 5.27. The van der Waals surface area contributed by atoms with Crippen molar-refractivity contribution in [3.8, 4) is 5.69 Å². The van der Waals surface area contributed by atoms with Crippen LogP contribution in [0, 0.1) is 0 Å². The van der Waals surface area contributed by atoms with Crippen molar-refractivity contribution in [3.63, 3.8) is 0 Å². The molecular formula is C19H20F3N5. The lowest BCUT2D eigenvalue weighted by molar-refractivity contribution is -0.137. The Balaban J connectivity index is 1.92. The SMILES string of the molecule is CCC(C)(NCc1ccccc1)c1nnnn1-c1cccc(C(F)(F)F)c1. The first-order valence-electron chi connectivity index (χ1n) is 8.59. The minimum atomic E-state index is -4.43.